The summed E-state index contributed by atoms with van der Waals surface area (Å²) in [6.45, 7) is 0.328. The van der Waals surface area contributed by atoms with Crippen LogP contribution in [0.15, 0.2) is 24.3 Å². The van der Waals surface area contributed by atoms with Crippen LogP contribution in [0.1, 0.15) is 17.8 Å². The average Bonchev–Trinajstić information content (AvgIpc) is 3.03. The summed E-state index contributed by atoms with van der Waals surface area (Å²) in [6, 6.07) is 7.85. The maximum absolute atomic E-state index is 11.7. The van der Waals surface area contributed by atoms with Gasteiger partial charge in [0.15, 0.2) is 0 Å². The van der Waals surface area contributed by atoms with Crippen LogP contribution in [0.25, 0.3) is 10.2 Å². The number of esters is 2. The summed E-state index contributed by atoms with van der Waals surface area (Å²) in [5.41, 5.74) is 0.945. The third kappa shape index (κ3) is 2.80. The summed E-state index contributed by atoms with van der Waals surface area (Å²) < 4.78 is 10.9. The molecule has 0 unspecified atom stereocenters. The first-order chi connectivity index (χ1) is 9.72. The fraction of sp³-hybridized carbons (Fsp3) is 0.357. The molecule has 0 amide bonds. The van der Waals surface area contributed by atoms with Gasteiger partial charge in [-0.1, -0.05) is 12.1 Å². The molecule has 2 heterocycles. The Bertz CT molecular complexity index is 618. The summed E-state index contributed by atoms with van der Waals surface area (Å²) in [4.78, 5) is 27.3. The van der Waals surface area contributed by atoms with E-state index < -0.39 is 12.1 Å². The summed E-state index contributed by atoms with van der Waals surface area (Å²) >= 11 is 1.57. The Balaban J connectivity index is 1.56. The smallest absolute Gasteiger partial charge is 0.347 e. The van der Waals surface area contributed by atoms with Crippen molar-refractivity contribution >= 4 is 33.5 Å². The third-order valence-electron chi connectivity index (χ3n) is 3.04. The molecule has 2 aromatic rings. The Hall–Kier alpha value is -1.95. The Morgan fingerprint density at radius 3 is 3.05 bits per heavy atom. The number of nitrogens with zero attached hydrogens (tertiary/aromatic N) is 1. The van der Waals surface area contributed by atoms with Crippen molar-refractivity contribution in [1.29, 1.82) is 0 Å². The van der Waals surface area contributed by atoms with Crippen molar-refractivity contribution in [3.63, 3.8) is 0 Å². The molecule has 1 saturated heterocycles. The highest BCUT2D eigenvalue weighted by Gasteiger charge is 2.29. The van der Waals surface area contributed by atoms with Crippen LogP contribution in [0.4, 0.5) is 0 Å². The number of benzene rings is 1. The predicted molar refractivity (Wildman–Crippen MR) is 73.4 cm³/mol. The minimum Gasteiger partial charge on any atom is -0.463 e. The Kier molecular flexibility index (Phi) is 3.64. The van der Waals surface area contributed by atoms with E-state index in [1.54, 1.807) is 11.3 Å². The van der Waals surface area contributed by atoms with Gasteiger partial charge in [-0.05, 0) is 12.1 Å². The van der Waals surface area contributed by atoms with Crippen LogP contribution in [0.2, 0.25) is 0 Å². The van der Waals surface area contributed by atoms with Gasteiger partial charge in [-0.2, -0.15) is 0 Å². The van der Waals surface area contributed by atoms with Crippen LogP contribution in [-0.2, 0) is 25.5 Å². The van der Waals surface area contributed by atoms with Gasteiger partial charge in [0.1, 0.15) is 0 Å². The van der Waals surface area contributed by atoms with Gasteiger partial charge in [0.05, 0.1) is 28.3 Å². The minimum atomic E-state index is -0.724. The second-order valence-electron chi connectivity index (χ2n) is 4.51. The van der Waals surface area contributed by atoms with Crippen molar-refractivity contribution in [1.82, 2.24) is 4.98 Å². The molecule has 0 bridgehead atoms. The number of ether oxygens (including phenoxy) is 2. The Morgan fingerprint density at radius 2 is 2.30 bits per heavy atom. The summed E-state index contributed by atoms with van der Waals surface area (Å²) in [6.07, 6.45) is 0.479. The second-order valence-corrected chi connectivity index (χ2v) is 5.63. The fourth-order valence-corrected chi connectivity index (χ4v) is 3.00. The van der Waals surface area contributed by atoms with Gasteiger partial charge < -0.3 is 9.47 Å². The molecule has 104 valence electrons. The lowest BCUT2D eigenvalue weighted by Gasteiger charge is -2.07. The van der Waals surface area contributed by atoms with Crippen LogP contribution in [0.3, 0.4) is 0 Å². The molecule has 0 spiro atoms. The number of hydrogen-bond acceptors (Lipinski definition) is 6. The lowest BCUT2D eigenvalue weighted by atomic mass is 10.3. The first-order valence-electron chi connectivity index (χ1n) is 6.43. The zero-order chi connectivity index (χ0) is 13.9. The van der Waals surface area contributed by atoms with Crippen LogP contribution < -0.4 is 0 Å². The van der Waals surface area contributed by atoms with Crippen LogP contribution >= 0.6 is 11.3 Å². The zero-order valence-electron chi connectivity index (χ0n) is 10.7. The van der Waals surface area contributed by atoms with Crippen LogP contribution in [0.5, 0.6) is 0 Å². The largest absolute Gasteiger partial charge is 0.463 e. The molecule has 20 heavy (non-hydrogen) atoms. The quantitative estimate of drug-likeness (QED) is 0.807. The van der Waals surface area contributed by atoms with E-state index >= 15 is 0 Å². The predicted octanol–water partition coefficient (Wildman–Crippen LogP) is 2.09. The van der Waals surface area contributed by atoms with Gasteiger partial charge in [0.25, 0.3) is 0 Å². The van der Waals surface area contributed by atoms with Gasteiger partial charge in [-0.3, -0.25) is 4.79 Å². The zero-order valence-corrected chi connectivity index (χ0v) is 11.5. The number of carbonyl (C=O) groups is 2. The second kappa shape index (κ2) is 5.58. The first kappa shape index (κ1) is 13.1. The van der Waals surface area contributed by atoms with Crippen molar-refractivity contribution in [3.05, 3.63) is 29.3 Å². The molecule has 3 rings (SSSR count). The minimum absolute atomic E-state index is 0.226. The fourth-order valence-electron chi connectivity index (χ4n) is 2.04. The van der Waals surface area contributed by atoms with Gasteiger partial charge >= 0.3 is 11.9 Å². The highest BCUT2D eigenvalue weighted by atomic mass is 32.1. The molecule has 1 aromatic heterocycles. The maximum atomic E-state index is 11.7. The number of cyclic esters (lactones) is 1. The van der Waals surface area contributed by atoms with Gasteiger partial charge in [-0.25, -0.2) is 9.78 Å². The maximum Gasteiger partial charge on any atom is 0.347 e. The van der Waals surface area contributed by atoms with E-state index in [1.807, 2.05) is 24.3 Å². The monoisotopic (exact) mass is 291 g/mol. The van der Waals surface area contributed by atoms with Crippen molar-refractivity contribution in [3.8, 4) is 0 Å². The average molecular weight is 291 g/mol. The molecular formula is C14H13NO4S. The van der Waals surface area contributed by atoms with E-state index in [-0.39, 0.29) is 12.4 Å². The topological polar surface area (TPSA) is 65.5 Å². The van der Waals surface area contributed by atoms with Crippen molar-refractivity contribution in [2.45, 2.75) is 25.4 Å². The molecule has 1 atom stereocenters. The van der Waals surface area contributed by atoms with Crippen LogP contribution in [0, 0.1) is 0 Å². The van der Waals surface area contributed by atoms with E-state index in [2.05, 4.69) is 4.98 Å². The highest BCUT2D eigenvalue weighted by Crippen LogP contribution is 2.22. The molecule has 0 aliphatic carbocycles. The van der Waals surface area contributed by atoms with Gasteiger partial charge in [0.2, 0.25) is 6.10 Å². The summed E-state index contributed by atoms with van der Waals surface area (Å²) in [5, 5.41) is 0.900. The van der Waals surface area contributed by atoms with E-state index in [0.29, 0.717) is 19.4 Å². The number of aromatic nitrogens is 1. The van der Waals surface area contributed by atoms with Crippen molar-refractivity contribution in [2.24, 2.45) is 0 Å². The molecule has 6 heteroatoms. The molecule has 0 radical (unpaired) electrons. The lowest BCUT2D eigenvalue weighted by Crippen LogP contribution is -2.22. The molecule has 0 N–H and O–H groups in total. The van der Waals surface area contributed by atoms with Crippen LogP contribution in [-0.4, -0.2) is 29.6 Å². The number of carbonyl (C=O) groups excluding carboxylic acids is 2. The van der Waals surface area contributed by atoms with E-state index in [4.69, 9.17) is 9.47 Å². The van der Waals surface area contributed by atoms with Gasteiger partial charge in [-0.15, -0.1) is 11.3 Å². The molecule has 5 nitrogen and oxygen atoms in total. The van der Waals surface area contributed by atoms with E-state index in [0.717, 1.165) is 15.2 Å². The third-order valence-corrected chi connectivity index (χ3v) is 4.14. The number of fused-ring (bicyclic) bond motifs is 1. The van der Waals surface area contributed by atoms with Crippen molar-refractivity contribution < 1.29 is 19.1 Å². The molecule has 1 aliphatic heterocycles. The Morgan fingerprint density at radius 1 is 1.45 bits per heavy atom. The first-order valence-corrected chi connectivity index (χ1v) is 7.24. The molecule has 1 fully saturated rings. The highest BCUT2D eigenvalue weighted by molar-refractivity contribution is 7.18. The van der Waals surface area contributed by atoms with E-state index in [9.17, 15) is 9.59 Å². The molecule has 1 aromatic carbocycles. The lowest BCUT2D eigenvalue weighted by molar-refractivity contribution is -0.160. The SMILES string of the molecule is O=C(CCc1nc2ccccc2s1)O[C@@H]1CCOC1=O. The molecule has 0 saturated carbocycles. The van der Waals surface area contributed by atoms with E-state index in [1.165, 1.54) is 0 Å². The number of para-hydroxylation sites is 1. The normalized spacial score (nSPS) is 18.2. The summed E-state index contributed by atoms with van der Waals surface area (Å²) in [7, 11) is 0. The Labute approximate surface area is 119 Å². The molecule has 1 aliphatic rings. The van der Waals surface area contributed by atoms with Gasteiger partial charge in [0, 0.05) is 12.8 Å². The number of aryl methyl sites for hydroxylation is 1. The standard InChI is InChI=1S/C14H13NO4S/c16-13(19-10-7-8-18-14(10)17)6-5-12-15-9-3-1-2-4-11(9)20-12/h1-4,10H,5-8H2/t10-/m1/s1. The number of rotatable bonds is 4. The van der Waals surface area contributed by atoms with Crippen molar-refractivity contribution in [2.75, 3.05) is 6.61 Å². The summed E-state index contributed by atoms with van der Waals surface area (Å²) in [5.74, 6) is -0.827. The number of thiazole rings is 1. The molecular weight excluding hydrogens is 278 g/mol. The number of hydrogen-bond donors (Lipinski definition) is 0.